The zero-order valence-corrected chi connectivity index (χ0v) is 12.3. The van der Waals surface area contributed by atoms with Crippen LogP contribution in [-0.4, -0.2) is 19.0 Å². The third-order valence-electron chi connectivity index (χ3n) is 2.84. The van der Waals surface area contributed by atoms with Gasteiger partial charge in [-0.3, -0.25) is 4.79 Å². The summed E-state index contributed by atoms with van der Waals surface area (Å²) in [4.78, 5) is 12.1. The zero-order chi connectivity index (χ0) is 15.8. The van der Waals surface area contributed by atoms with Crippen LogP contribution in [0.2, 0.25) is 0 Å². The topological polar surface area (TPSA) is 78.1 Å². The third kappa shape index (κ3) is 4.42. The molecule has 0 aliphatic heterocycles. The molecule has 0 spiro atoms. The molecule has 0 amide bonds. The molecule has 1 aromatic carbocycles. The molecule has 0 fully saturated rings. The van der Waals surface area contributed by atoms with Gasteiger partial charge in [0.1, 0.15) is 32.4 Å². The Bertz CT molecular complexity index is 635. The van der Waals surface area contributed by atoms with E-state index >= 15 is 0 Å². The summed E-state index contributed by atoms with van der Waals surface area (Å²) in [6.45, 7) is -0.0466. The van der Waals surface area contributed by atoms with Gasteiger partial charge in [0.15, 0.2) is 5.76 Å². The molecule has 0 aliphatic carbocycles. The Balaban J connectivity index is 2.11. The maximum Gasteiger partial charge on any atom is 0.227 e. The van der Waals surface area contributed by atoms with E-state index in [0.717, 1.165) is 5.56 Å². The van der Waals surface area contributed by atoms with E-state index in [4.69, 9.17) is 18.6 Å². The molecule has 118 valence electrons. The van der Waals surface area contributed by atoms with E-state index < -0.39 is 6.61 Å². The Hall–Kier alpha value is -2.15. The van der Waals surface area contributed by atoms with Gasteiger partial charge in [-0.2, -0.15) is 0 Å². The first-order valence-corrected chi connectivity index (χ1v) is 6.74. The lowest BCUT2D eigenvalue weighted by atomic mass is 10.2. The number of hydrogen-bond donors (Lipinski definition) is 1. The largest absolute Gasteiger partial charge is 0.482 e. The smallest absolute Gasteiger partial charge is 0.227 e. The minimum Gasteiger partial charge on any atom is -0.482 e. The molecular formula is C16H18O6. The summed E-state index contributed by atoms with van der Waals surface area (Å²) in [5.41, 5.74) is 0.556. The van der Waals surface area contributed by atoms with Crippen molar-refractivity contribution < 1.29 is 23.7 Å². The molecule has 0 bridgehead atoms. The van der Waals surface area contributed by atoms with Gasteiger partial charge in [-0.25, -0.2) is 0 Å². The Morgan fingerprint density at radius 1 is 1.18 bits per heavy atom. The van der Waals surface area contributed by atoms with Crippen molar-refractivity contribution in [1.29, 1.82) is 0 Å². The molecule has 1 aromatic heterocycles. The van der Waals surface area contributed by atoms with E-state index in [0.29, 0.717) is 5.76 Å². The first kappa shape index (κ1) is 16.2. The number of hydrogen-bond acceptors (Lipinski definition) is 6. The van der Waals surface area contributed by atoms with Crippen molar-refractivity contribution in [1.82, 2.24) is 0 Å². The molecule has 0 saturated carbocycles. The van der Waals surface area contributed by atoms with Crippen molar-refractivity contribution in [3.63, 3.8) is 0 Å². The van der Waals surface area contributed by atoms with Gasteiger partial charge in [-0.05, 0) is 5.56 Å². The predicted octanol–water partition coefficient (Wildman–Crippen LogP) is 1.83. The van der Waals surface area contributed by atoms with E-state index in [-0.39, 0.29) is 36.9 Å². The molecule has 0 atom stereocenters. The highest BCUT2D eigenvalue weighted by Gasteiger charge is 2.13. The van der Waals surface area contributed by atoms with Crippen LogP contribution in [-0.2, 0) is 29.3 Å². The van der Waals surface area contributed by atoms with Crippen LogP contribution in [0.4, 0.5) is 0 Å². The number of ether oxygens (including phenoxy) is 3. The average molecular weight is 306 g/mol. The minimum atomic E-state index is -0.433. The van der Waals surface area contributed by atoms with Crippen molar-refractivity contribution in [2.75, 3.05) is 13.9 Å². The molecule has 1 heterocycles. The lowest BCUT2D eigenvalue weighted by Crippen LogP contribution is -2.12. The van der Waals surface area contributed by atoms with Gasteiger partial charge in [0.25, 0.3) is 0 Å². The lowest BCUT2D eigenvalue weighted by molar-refractivity contribution is -0.0450. The van der Waals surface area contributed by atoms with Crippen LogP contribution in [0.15, 0.2) is 45.6 Å². The van der Waals surface area contributed by atoms with Crippen molar-refractivity contribution in [3.8, 4) is 5.75 Å². The van der Waals surface area contributed by atoms with Gasteiger partial charge in [0, 0.05) is 13.2 Å². The summed E-state index contributed by atoms with van der Waals surface area (Å²) < 4.78 is 20.8. The summed E-state index contributed by atoms with van der Waals surface area (Å²) in [7, 11) is 1.50. The Labute approximate surface area is 127 Å². The standard InChI is InChI=1S/C16H18O6/c1-19-11-20-10-13-7-14(18)16(15(8-17)22-13)21-9-12-5-3-2-4-6-12/h2-7,17H,8-11H2,1H3. The highest BCUT2D eigenvalue weighted by Crippen LogP contribution is 2.17. The number of benzene rings is 1. The van der Waals surface area contributed by atoms with E-state index in [1.807, 2.05) is 30.3 Å². The summed E-state index contributed by atoms with van der Waals surface area (Å²) in [6, 6.07) is 10.7. The van der Waals surface area contributed by atoms with E-state index in [1.54, 1.807) is 0 Å². The van der Waals surface area contributed by atoms with Crippen LogP contribution in [0, 0.1) is 0 Å². The fourth-order valence-electron chi connectivity index (χ4n) is 1.87. The summed E-state index contributed by atoms with van der Waals surface area (Å²) in [5, 5.41) is 9.36. The van der Waals surface area contributed by atoms with Crippen LogP contribution >= 0.6 is 0 Å². The average Bonchev–Trinajstić information content (AvgIpc) is 2.54. The minimum absolute atomic E-state index is 0.0156. The predicted molar refractivity (Wildman–Crippen MR) is 78.3 cm³/mol. The highest BCUT2D eigenvalue weighted by atomic mass is 16.7. The van der Waals surface area contributed by atoms with Crippen LogP contribution in [0.5, 0.6) is 5.75 Å². The summed E-state index contributed by atoms with van der Waals surface area (Å²) in [6.07, 6.45) is 0. The van der Waals surface area contributed by atoms with Gasteiger partial charge in [0.05, 0.1) is 0 Å². The fraction of sp³-hybridized carbons (Fsp3) is 0.312. The quantitative estimate of drug-likeness (QED) is 0.592. The zero-order valence-electron chi connectivity index (χ0n) is 12.3. The fourth-order valence-corrected chi connectivity index (χ4v) is 1.87. The molecule has 0 saturated heterocycles. The van der Waals surface area contributed by atoms with Gasteiger partial charge in [-0.15, -0.1) is 0 Å². The van der Waals surface area contributed by atoms with Crippen LogP contribution < -0.4 is 10.2 Å². The Morgan fingerprint density at radius 2 is 1.95 bits per heavy atom. The lowest BCUT2D eigenvalue weighted by Gasteiger charge is -2.10. The molecule has 0 unspecified atom stereocenters. The van der Waals surface area contributed by atoms with E-state index in [2.05, 4.69) is 0 Å². The maximum absolute atomic E-state index is 12.1. The van der Waals surface area contributed by atoms with Crippen molar-refractivity contribution in [2.45, 2.75) is 19.8 Å². The van der Waals surface area contributed by atoms with Gasteiger partial charge < -0.3 is 23.7 Å². The summed E-state index contributed by atoms with van der Waals surface area (Å²) in [5.74, 6) is 0.402. The van der Waals surface area contributed by atoms with Gasteiger partial charge in [-0.1, -0.05) is 30.3 Å². The second-order valence-corrected chi connectivity index (χ2v) is 4.52. The molecule has 0 aliphatic rings. The number of methoxy groups -OCH3 is 1. The number of aliphatic hydroxyl groups is 1. The van der Waals surface area contributed by atoms with Gasteiger partial charge in [0.2, 0.25) is 11.2 Å². The van der Waals surface area contributed by atoms with Crippen molar-refractivity contribution in [2.24, 2.45) is 0 Å². The van der Waals surface area contributed by atoms with Crippen molar-refractivity contribution >= 4 is 0 Å². The molecule has 6 nitrogen and oxygen atoms in total. The highest BCUT2D eigenvalue weighted by molar-refractivity contribution is 5.27. The number of aliphatic hydroxyl groups excluding tert-OH is 1. The molecular weight excluding hydrogens is 288 g/mol. The Morgan fingerprint density at radius 3 is 2.64 bits per heavy atom. The molecule has 2 aromatic rings. The van der Waals surface area contributed by atoms with Gasteiger partial charge >= 0.3 is 0 Å². The van der Waals surface area contributed by atoms with E-state index in [9.17, 15) is 9.90 Å². The molecule has 6 heteroatoms. The number of rotatable bonds is 8. The first-order chi connectivity index (χ1) is 10.7. The van der Waals surface area contributed by atoms with Crippen molar-refractivity contribution in [3.05, 3.63) is 63.7 Å². The maximum atomic E-state index is 12.1. The monoisotopic (exact) mass is 306 g/mol. The normalized spacial score (nSPS) is 10.6. The third-order valence-corrected chi connectivity index (χ3v) is 2.84. The molecule has 1 N–H and O–H groups in total. The van der Waals surface area contributed by atoms with E-state index in [1.165, 1.54) is 13.2 Å². The van der Waals surface area contributed by atoms with Crippen LogP contribution in [0.25, 0.3) is 0 Å². The van der Waals surface area contributed by atoms with Crippen LogP contribution in [0.1, 0.15) is 17.1 Å². The SMILES string of the molecule is COCOCc1cc(=O)c(OCc2ccccc2)c(CO)o1. The summed E-state index contributed by atoms with van der Waals surface area (Å²) >= 11 is 0. The van der Waals surface area contributed by atoms with Crippen LogP contribution in [0.3, 0.4) is 0 Å². The second kappa shape index (κ2) is 8.33. The first-order valence-electron chi connectivity index (χ1n) is 6.74. The second-order valence-electron chi connectivity index (χ2n) is 4.52. The Kier molecular flexibility index (Phi) is 6.14. The molecule has 0 radical (unpaired) electrons. The molecule has 22 heavy (non-hydrogen) atoms. The molecule has 2 rings (SSSR count).